The van der Waals surface area contributed by atoms with Crippen LogP contribution in [0.1, 0.15) is 0 Å². The van der Waals surface area contributed by atoms with Gasteiger partial charge in [0.05, 0.1) is 17.6 Å². The van der Waals surface area contributed by atoms with E-state index >= 15 is 0 Å². The lowest BCUT2D eigenvalue weighted by Gasteiger charge is -2.13. The van der Waals surface area contributed by atoms with Crippen molar-refractivity contribution in [3.63, 3.8) is 0 Å². The molecule has 2 aromatic carbocycles. The van der Waals surface area contributed by atoms with Crippen molar-refractivity contribution in [1.82, 2.24) is 34.9 Å². The number of halogens is 1. The lowest BCUT2D eigenvalue weighted by atomic mass is 10.0. The molecular weight excluding hydrogens is 543 g/mol. The van der Waals surface area contributed by atoms with Gasteiger partial charge in [-0.1, -0.05) is 12.1 Å². The fraction of sp³-hybridized carbons (Fsp3) is 0.242. The summed E-state index contributed by atoms with van der Waals surface area (Å²) >= 11 is 0. The second-order valence-corrected chi connectivity index (χ2v) is 11.2. The molecule has 4 heterocycles. The Bertz CT molecular complexity index is 1880. The van der Waals surface area contributed by atoms with Crippen LogP contribution in [0, 0.1) is 5.82 Å². The van der Waals surface area contributed by atoms with Crippen LogP contribution in [0.25, 0.3) is 55.6 Å². The number of H-pyrrole nitrogens is 2. The summed E-state index contributed by atoms with van der Waals surface area (Å²) in [7, 11) is 8.05. The van der Waals surface area contributed by atoms with Gasteiger partial charge in [-0.2, -0.15) is 5.10 Å². The average Bonchev–Trinajstić information content (AvgIpc) is 3.60. The molecule has 0 bridgehead atoms. The number of fused-ring (bicyclic) bond motifs is 2. The van der Waals surface area contributed by atoms with Gasteiger partial charge in [-0.05, 0) is 81.8 Å². The van der Waals surface area contributed by atoms with Crippen LogP contribution >= 0.6 is 0 Å². The summed E-state index contributed by atoms with van der Waals surface area (Å²) in [6.07, 6.45) is 5.32. The fourth-order valence-corrected chi connectivity index (χ4v) is 5.08. The Morgan fingerprint density at radius 3 is 2.53 bits per heavy atom. The Morgan fingerprint density at radius 2 is 1.70 bits per heavy atom. The predicted molar refractivity (Wildman–Crippen MR) is 171 cm³/mol. The SMILES string of the molecule is CN(C)CCNc1cc(F)cc(-c2cccc3[nH]c(-c4[nH]nc5ncc(-c6cncc(OCCN(C)C)c6)cc45)cc23)c1. The fourth-order valence-electron chi connectivity index (χ4n) is 5.08. The van der Waals surface area contributed by atoms with Gasteiger partial charge in [0.25, 0.3) is 0 Å². The lowest BCUT2D eigenvalue weighted by Crippen LogP contribution is -2.20. The van der Waals surface area contributed by atoms with Crippen LogP contribution in [-0.4, -0.2) is 89.4 Å². The molecule has 0 unspecified atom stereocenters. The van der Waals surface area contributed by atoms with Gasteiger partial charge in [0.2, 0.25) is 0 Å². The Labute approximate surface area is 249 Å². The number of hydrogen-bond acceptors (Lipinski definition) is 7. The topological polar surface area (TPSA) is 98.0 Å². The van der Waals surface area contributed by atoms with Crippen molar-refractivity contribution in [1.29, 1.82) is 0 Å². The summed E-state index contributed by atoms with van der Waals surface area (Å²) in [6, 6.07) is 17.2. The molecule has 0 spiro atoms. The molecule has 0 aliphatic rings. The highest BCUT2D eigenvalue weighted by Crippen LogP contribution is 2.36. The van der Waals surface area contributed by atoms with Crippen LogP contribution in [0.5, 0.6) is 5.75 Å². The maximum Gasteiger partial charge on any atom is 0.181 e. The number of rotatable bonds is 11. The summed E-state index contributed by atoms with van der Waals surface area (Å²) in [6.45, 7) is 2.97. The van der Waals surface area contributed by atoms with Crippen LogP contribution in [0.15, 0.2) is 73.2 Å². The molecule has 0 aliphatic heterocycles. The lowest BCUT2D eigenvalue weighted by molar-refractivity contribution is 0.261. The van der Waals surface area contributed by atoms with Crippen molar-refractivity contribution in [3.05, 3.63) is 79.0 Å². The standard InChI is InChI=1S/C33H35FN8O/c1-41(2)9-8-36-25-13-21(12-24(34)16-25)27-6-5-7-30-28(27)17-31(38-30)32-29-15-23(19-37-33(29)40-39-32)22-14-26(20-35-18-22)43-11-10-42(3)4/h5-7,12-20,36,38H,8-11H2,1-4H3,(H,37,39,40). The minimum absolute atomic E-state index is 0.280. The summed E-state index contributed by atoms with van der Waals surface area (Å²) < 4.78 is 20.6. The van der Waals surface area contributed by atoms with Crippen molar-refractivity contribution in [3.8, 4) is 39.4 Å². The van der Waals surface area contributed by atoms with Gasteiger partial charge in [-0.3, -0.25) is 10.1 Å². The summed E-state index contributed by atoms with van der Waals surface area (Å²) in [4.78, 5) is 16.7. The smallest absolute Gasteiger partial charge is 0.181 e. The maximum absolute atomic E-state index is 14.7. The molecule has 220 valence electrons. The van der Waals surface area contributed by atoms with Crippen LogP contribution in [0.2, 0.25) is 0 Å². The Kier molecular flexibility index (Phi) is 8.04. The molecule has 10 heteroatoms. The highest BCUT2D eigenvalue weighted by Gasteiger charge is 2.16. The van der Waals surface area contributed by atoms with Gasteiger partial charge in [-0.15, -0.1) is 0 Å². The number of likely N-dealkylation sites (N-methyl/N-ethyl adjacent to an activating group) is 2. The molecule has 43 heavy (non-hydrogen) atoms. The first-order valence-corrected chi connectivity index (χ1v) is 14.2. The first-order chi connectivity index (χ1) is 20.8. The zero-order chi connectivity index (χ0) is 29.9. The molecule has 4 aromatic heterocycles. The van der Waals surface area contributed by atoms with Gasteiger partial charge < -0.3 is 24.8 Å². The summed E-state index contributed by atoms with van der Waals surface area (Å²) in [5.41, 5.74) is 7.56. The zero-order valence-corrected chi connectivity index (χ0v) is 24.8. The number of aromatic nitrogens is 5. The highest BCUT2D eigenvalue weighted by atomic mass is 19.1. The number of ether oxygens (including phenoxy) is 1. The Balaban J connectivity index is 1.33. The van der Waals surface area contributed by atoms with Gasteiger partial charge in [0.15, 0.2) is 5.65 Å². The van der Waals surface area contributed by atoms with E-state index < -0.39 is 0 Å². The first-order valence-electron chi connectivity index (χ1n) is 14.2. The van der Waals surface area contributed by atoms with Crippen LogP contribution in [-0.2, 0) is 0 Å². The van der Waals surface area contributed by atoms with E-state index in [4.69, 9.17) is 4.74 Å². The van der Waals surface area contributed by atoms with Crippen LogP contribution in [0.4, 0.5) is 10.1 Å². The van der Waals surface area contributed by atoms with E-state index in [0.29, 0.717) is 18.0 Å². The number of nitrogens with zero attached hydrogens (tertiary/aromatic N) is 5. The second-order valence-electron chi connectivity index (χ2n) is 11.2. The number of aromatic amines is 2. The third-order valence-corrected chi connectivity index (χ3v) is 7.29. The summed E-state index contributed by atoms with van der Waals surface area (Å²) in [5, 5.41) is 12.8. The van der Waals surface area contributed by atoms with E-state index in [1.165, 1.54) is 6.07 Å². The van der Waals surface area contributed by atoms with E-state index in [0.717, 1.165) is 75.3 Å². The quantitative estimate of drug-likeness (QED) is 0.176. The summed E-state index contributed by atoms with van der Waals surface area (Å²) in [5.74, 6) is 0.431. The molecule has 0 saturated heterocycles. The first kappa shape index (κ1) is 28.3. The molecule has 0 fully saturated rings. The molecule has 3 N–H and O–H groups in total. The second kappa shape index (κ2) is 12.2. The zero-order valence-electron chi connectivity index (χ0n) is 24.8. The molecule has 0 saturated carbocycles. The Morgan fingerprint density at radius 1 is 0.860 bits per heavy atom. The molecule has 9 nitrogen and oxygen atoms in total. The van der Waals surface area contributed by atoms with E-state index in [9.17, 15) is 4.39 Å². The number of pyridine rings is 2. The van der Waals surface area contributed by atoms with Gasteiger partial charge in [0, 0.05) is 65.1 Å². The van der Waals surface area contributed by atoms with E-state index in [1.54, 1.807) is 24.7 Å². The van der Waals surface area contributed by atoms with Gasteiger partial charge in [-0.25, -0.2) is 9.37 Å². The van der Waals surface area contributed by atoms with Crippen molar-refractivity contribution in [2.45, 2.75) is 0 Å². The average molecular weight is 579 g/mol. The third kappa shape index (κ3) is 6.35. The minimum Gasteiger partial charge on any atom is -0.491 e. The molecule has 0 aliphatic carbocycles. The molecule has 0 amide bonds. The molecule has 0 radical (unpaired) electrons. The number of benzene rings is 2. The Hall–Kier alpha value is -4.80. The van der Waals surface area contributed by atoms with Crippen molar-refractivity contribution in [2.75, 3.05) is 59.7 Å². The van der Waals surface area contributed by atoms with E-state index in [1.807, 2.05) is 58.5 Å². The van der Waals surface area contributed by atoms with Crippen molar-refractivity contribution < 1.29 is 9.13 Å². The minimum atomic E-state index is -0.280. The number of nitrogens with one attached hydrogen (secondary N) is 3. The van der Waals surface area contributed by atoms with E-state index in [2.05, 4.69) is 52.4 Å². The maximum atomic E-state index is 14.7. The monoisotopic (exact) mass is 578 g/mol. The number of anilines is 1. The molecule has 6 aromatic rings. The molecule has 0 atom stereocenters. The van der Waals surface area contributed by atoms with Crippen molar-refractivity contribution >= 4 is 27.6 Å². The van der Waals surface area contributed by atoms with Gasteiger partial charge in [0.1, 0.15) is 18.2 Å². The largest absolute Gasteiger partial charge is 0.491 e. The van der Waals surface area contributed by atoms with E-state index in [-0.39, 0.29) is 5.82 Å². The van der Waals surface area contributed by atoms with Gasteiger partial charge >= 0.3 is 0 Å². The highest BCUT2D eigenvalue weighted by molar-refractivity contribution is 6.01. The molecular formula is C33H35FN8O. The third-order valence-electron chi connectivity index (χ3n) is 7.29. The van der Waals surface area contributed by atoms with Crippen LogP contribution < -0.4 is 10.1 Å². The number of hydrogen-bond donors (Lipinski definition) is 3. The predicted octanol–water partition coefficient (Wildman–Crippen LogP) is 5.89. The normalized spacial score (nSPS) is 11.7. The van der Waals surface area contributed by atoms with Crippen LogP contribution in [0.3, 0.4) is 0 Å². The molecule has 6 rings (SSSR count). The van der Waals surface area contributed by atoms with Crippen molar-refractivity contribution in [2.24, 2.45) is 0 Å².